The van der Waals surface area contributed by atoms with Gasteiger partial charge >= 0.3 is 0 Å². The largest absolute Gasteiger partial charge is 0.488 e. The summed E-state index contributed by atoms with van der Waals surface area (Å²) in [5.74, 6) is 1.20. The molecule has 1 amide bonds. The minimum Gasteiger partial charge on any atom is -0.488 e. The van der Waals surface area contributed by atoms with Crippen molar-refractivity contribution < 1.29 is 14.6 Å². The molecular formula is C23H30N6O3. The van der Waals surface area contributed by atoms with Crippen molar-refractivity contribution in [1.29, 1.82) is 0 Å². The number of allylic oxidation sites excluding steroid dienone is 2. The molecule has 1 aliphatic heterocycles. The van der Waals surface area contributed by atoms with Crippen LogP contribution in [0.1, 0.15) is 32.4 Å². The first-order valence-corrected chi connectivity index (χ1v) is 10.8. The van der Waals surface area contributed by atoms with Gasteiger partial charge in [0.1, 0.15) is 23.3 Å². The maximum atomic E-state index is 12.0. The number of rotatable bonds is 7. The van der Waals surface area contributed by atoms with Gasteiger partial charge in [-0.3, -0.25) is 9.89 Å². The highest BCUT2D eigenvalue weighted by atomic mass is 16.5. The van der Waals surface area contributed by atoms with Gasteiger partial charge in [0.2, 0.25) is 0 Å². The van der Waals surface area contributed by atoms with Gasteiger partial charge in [-0.2, -0.15) is 5.10 Å². The minimum absolute atomic E-state index is 0.0607. The number of nitrogens with one attached hydrogen (secondary N) is 1. The summed E-state index contributed by atoms with van der Waals surface area (Å²) in [5, 5.41) is 18.0. The lowest BCUT2D eigenvalue weighted by Crippen LogP contribution is -2.50. The molecule has 32 heavy (non-hydrogen) atoms. The summed E-state index contributed by atoms with van der Waals surface area (Å²) in [5.41, 5.74) is 7.85. The molecule has 1 saturated heterocycles. The molecule has 0 radical (unpaired) electrons. The second-order valence-corrected chi connectivity index (χ2v) is 8.63. The average molecular weight is 439 g/mol. The van der Waals surface area contributed by atoms with Crippen LogP contribution < -0.4 is 10.5 Å². The Morgan fingerprint density at radius 3 is 2.66 bits per heavy atom. The number of aromatic amines is 1. The number of aliphatic hydroxyl groups is 1. The third kappa shape index (κ3) is 4.62. The fraction of sp³-hybridized carbons (Fsp3) is 0.435. The van der Waals surface area contributed by atoms with Crippen LogP contribution in [-0.4, -0.2) is 75.2 Å². The summed E-state index contributed by atoms with van der Waals surface area (Å²) < 4.78 is 6.10. The van der Waals surface area contributed by atoms with Crippen LogP contribution in [0.5, 0.6) is 5.75 Å². The zero-order chi connectivity index (χ0) is 22.9. The van der Waals surface area contributed by atoms with Crippen LogP contribution >= 0.6 is 0 Å². The van der Waals surface area contributed by atoms with Crippen molar-refractivity contribution in [2.45, 2.75) is 38.4 Å². The van der Waals surface area contributed by atoms with Crippen molar-refractivity contribution in [3.63, 3.8) is 0 Å². The first-order valence-electron chi connectivity index (χ1n) is 10.8. The van der Waals surface area contributed by atoms with Gasteiger partial charge in [-0.25, -0.2) is 4.99 Å². The Bertz CT molecular complexity index is 1070. The lowest BCUT2D eigenvalue weighted by molar-refractivity contribution is -0.140. The van der Waals surface area contributed by atoms with Crippen LogP contribution in [0.25, 0.3) is 16.5 Å². The van der Waals surface area contributed by atoms with E-state index in [1.54, 1.807) is 4.90 Å². The number of aliphatic hydroxyl groups excluding tert-OH is 1. The van der Waals surface area contributed by atoms with E-state index in [-0.39, 0.29) is 11.5 Å². The van der Waals surface area contributed by atoms with Gasteiger partial charge < -0.3 is 25.4 Å². The van der Waals surface area contributed by atoms with E-state index in [0.717, 1.165) is 35.2 Å². The van der Waals surface area contributed by atoms with Crippen molar-refractivity contribution in [3.8, 4) is 5.75 Å². The molecule has 1 atom stereocenters. The van der Waals surface area contributed by atoms with Gasteiger partial charge in [0, 0.05) is 31.6 Å². The van der Waals surface area contributed by atoms with E-state index in [1.807, 2.05) is 29.2 Å². The number of ether oxygens (including phenoxy) is 1. The highest BCUT2D eigenvalue weighted by molar-refractivity contribution is 5.93. The Balaban J connectivity index is 1.53. The number of benzene rings is 1. The van der Waals surface area contributed by atoms with Crippen molar-refractivity contribution in [1.82, 2.24) is 20.0 Å². The monoisotopic (exact) mass is 438 g/mol. The molecular weight excluding hydrogens is 408 g/mol. The number of carbonyl (C=O) groups excluding carboxylic acids is 1. The predicted octanol–water partition coefficient (Wildman–Crippen LogP) is 1.86. The fourth-order valence-corrected chi connectivity index (χ4v) is 3.79. The number of amides is 1. The second kappa shape index (κ2) is 8.66. The van der Waals surface area contributed by atoms with Gasteiger partial charge in [0.15, 0.2) is 0 Å². The molecule has 2 aliphatic rings. The molecule has 0 spiro atoms. The lowest BCUT2D eigenvalue weighted by atomic mass is 10.1. The molecule has 0 bridgehead atoms. The topological polar surface area (TPSA) is 120 Å². The molecule has 1 unspecified atom stereocenters. The molecule has 1 aromatic heterocycles. The van der Waals surface area contributed by atoms with E-state index >= 15 is 0 Å². The maximum absolute atomic E-state index is 12.0. The number of nitrogens with zero attached hydrogens (tertiary/aromatic N) is 4. The number of fused-ring (bicyclic) bond motifs is 1. The molecule has 1 aliphatic carbocycles. The first kappa shape index (κ1) is 21.9. The number of nitrogens with two attached hydrogens (primary N) is 1. The normalized spacial score (nSPS) is 19.4. The van der Waals surface area contributed by atoms with E-state index in [0.29, 0.717) is 37.6 Å². The molecule has 170 valence electrons. The molecule has 4 rings (SSSR count). The van der Waals surface area contributed by atoms with Gasteiger partial charge in [-0.05, 0) is 56.5 Å². The number of hydrogen-bond donors (Lipinski definition) is 3. The zero-order valence-electron chi connectivity index (χ0n) is 18.5. The van der Waals surface area contributed by atoms with E-state index in [2.05, 4.69) is 28.7 Å². The van der Waals surface area contributed by atoms with Crippen molar-refractivity contribution in [2.75, 3.05) is 26.2 Å². The number of hydrogen-bond acceptors (Lipinski definition) is 6. The summed E-state index contributed by atoms with van der Waals surface area (Å²) in [7, 11) is 0. The Kier molecular flexibility index (Phi) is 5.92. The van der Waals surface area contributed by atoms with E-state index in [4.69, 9.17) is 10.5 Å². The van der Waals surface area contributed by atoms with Gasteiger partial charge in [-0.1, -0.05) is 6.58 Å². The van der Waals surface area contributed by atoms with Crippen LogP contribution in [0.2, 0.25) is 0 Å². The standard InChI is InChI=1S/C23H30N6O3/c1-15(12-20(25-14-24)28-8-10-29(11-9-28)22(31)16(2)30)21-18-13-17(32-23(3)6-7-23)4-5-19(18)26-27-21/h4-5,12-14,16,30H,1,6-11H2,2-3H3,(H2,24,25)(H,26,27)/b20-12+. The quantitative estimate of drug-likeness (QED) is 0.345. The van der Waals surface area contributed by atoms with Crippen LogP contribution in [0, 0.1) is 0 Å². The van der Waals surface area contributed by atoms with Gasteiger partial charge in [0.05, 0.1) is 17.5 Å². The van der Waals surface area contributed by atoms with Crippen LogP contribution in [0.4, 0.5) is 0 Å². The molecule has 9 nitrogen and oxygen atoms in total. The average Bonchev–Trinajstić information content (AvgIpc) is 3.34. The summed E-state index contributed by atoms with van der Waals surface area (Å²) in [6, 6.07) is 5.90. The number of aliphatic imine (C=N–C) groups is 1. The Morgan fingerprint density at radius 2 is 2.03 bits per heavy atom. The number of aromatic nitrogens is 2. The summed E-state index contributed by atoms with van der Waals surface area (Å²) in [6.07, 6.45) is 4.23. The number of piperazine rings is 1. The van der Waals surface area contributed by atoms with Crippen LogP contribution in [0.15, 0.2) is 41.7 Å². The summed E-state index contributed by atoms with van der Waals surface area (Å²) in [6.45, 7) is 9.95. The molecule has 2 aromatic rings. The highest BCUT2D eigenvalue weighted by Crippen LogP contribution is 2.40. The predicted molar refractivity (Wildman–Crippen MR) is 124 cm³/mol. The lowest BCUT2D eigenvalue weighted by Gasteiger charge is -2.36. The molecule has 1 aromatic carbocycles. The third-order valence-electron chi connectivity index (χ3n) is 5.94. The van der Waals surface area contributed by atoms with Crippen LogP contribution in [-0.2, 0) is 4.79 Å². The fourth-order valence-electron chi connectivity index (χ4n) is 3.79. The van der Waals surface area contributed by atoms with Crippen molar-refractivity contribution in [2.24, 2.45) is 10.7 Å². The SMILES string of the molecule is C=C(/C=C(\N=C/N)N1CCN(C(=O)C(C)O)CC1)c1n[nH]c2ccc(OC3(C)CC3)cc12. The van der Waals surface area contributed by atoms with E-state index < -0.39 is 6.10 Å². The van der Waals surface area contributed by atoms with Crippen LogP contribution in [0.3, 0.4) is 0 Å². The van der Waals surface area contributed by atoms with Gasteiger partial charge in [0.25, 0.3) is 5.91 Å². The Hall–Kier alpha value is -3.33. The zero-order valence-corrected chi connectivity index (χ0v) is 18.5. The molecule has 2 heterocycles. The van der Waals surface area contributed by atoms with Crippen molar-refractivity contribution >= 4 is 28.7 Å². The number of carbonyl (C=O) groups is 1. The minimum atomic E-state index is -0.997. The first-order chi connectivity index (χ1) is 15.3. The molecule has 2 fully saturated rings. The van der Waals surface area contributed by atoms with E-state index in [9.17, 15) is 9.90 Å². The summed E-state index contributed by atoms with van der Waals surface area (Å²) in [4.78, 5) is 20.0. The summed E-state index contributed by atoms with van der Waals surface area (Å²) >= 11 is 0. The Morgan fingerprint density at radius 1 is 1.34 bits per heavy atom. The highest BCUT2D eigenvalue weighted by Gasteiger charge is 2.40. The third-order valence-corrected chi connectivity index (χ3v) is 5.94. The maximum Gasteiger partial charge on any atom is 0.251 e. The number of H-pyrrole nitrogens is 1. The molecule has 1 saturated carbocycles. The van der Waals surface area contributed by atoms with Gasteiger partial charge in [-0.15, -0.1) is 0 Å². The van der Waals surface area contributed by atoms with E-state index in [1.165, 1.54) is 13.3 Å². The second-order valence-electron chi connectivity index (χ2n) is 8.63. The molecule has 4 N–H and O–H groups in total. The Labute approximate surface area is 187 Å². The van der Waals surface area contributed by atoms with Crippen molar-refractivity contribution in [3.05, 3.63) is 42.4 Å². The molecule has 9 heteroatoms. The smallest absolute Gasteiger partial charge is 0.251 e.